The third kappa shape index (κ3) is 4.54. The van der Waals surface area contributed by atoms with Crippen molar-refractivity contribution in [3.8, 4) is 5.75 Å². The number of aromatic amines is 1. The molecule has 1 fully saturated rings. The quantitative estimate of drug-likeness (QED) is 0.457. The number of aryl methyl sites for hydroxylation is 1. The summed E-state index contributed by atoms with van der Waals surface area (Å²) in [6.07, 6.45) is 1.43. The van der Waals surface area contributed by atoms with Crippen LogP contribution in [0.2, 0.25) is 0 Å². The molecule has 8 heteroatoms. The Kier molecular flexibility index (Phi) is 5.44. The van der Waals surface area contributed by atoms with Crippen molar-refractivity contribution < 1.29 is 14.3 Å². The SMILES string of the molecule is Cc1ccc(OC2CCN(C(=O)C(=O)Nc3ccc4nc(S)[nH]c4c3)CC2)cc1. The highest BCUT2D eigenvalue weighted by Gasteiger charge is 2.28. The molecule has 2 N–H and O–H groups in total. The normalized spacial score (nSPS) is 14.8. The highest BCUT2D eigenvalue weighted by Crippen LogP contribution is 2.21. The number of carbonyl (C=O) groups is 2. The molecule has 29 heavy (non-hydrogen) atoms. The van der Waals surface area contributed by atoms with Crippen molar-refractivity contribution in [1.82, 2.24) is 14.9 Å². The molecule has 2 heterocycles. The fraction of sp³-hybridized carbons (Fsp3) is 0.286. The van der Waals surface area contributed by atoms with Crippen LogP contribution in [0.3, 0.4) is 0 Å². The number of likely N-dealkylation sites (tertiary alicyclic amines) is 1. The van der Waals surface area contributed by atoms with Crippen LogP contribution in [0, 0.1) is 6.92 Å². The lowest BCUT2D eigenvalue weighted by Gasteiger charge is -2.31. The number of aromatic nitrogens is 2. The van der Waals surface area contributed by atoms with Gasteiger partial charge in [0.25, 0.3) is 0 Å². The minimum absolute atomic E-state index is 0.0445. The molecule has 1 saturated heterocycles. The van der Waals surface area contributed by atoms with Gasteiger partial charge in [0.05, 0.1) is 11.0 Å². The highest BCUT2D eigenvalue weighted by atomic mass is 32.1. The Labute approximate surface area is 173 Å². The van der Waals surface area contributed by atoms with Gasteiger partial charge in [-0.1, -0.05) is 17.7 Å². The van der Waals surface area contributed by atoms with E-state index in [1.54, 1.807) is 23.1 Å². The second-order valence-electron chi connectivity index (χ2n) is 7.17. The topological polar surface area (TPSA) is 87.3 Å². The smallest absolute Gasteiger partial charge is 0.313 e. The van der Waals surface area contributed by atoms with E-state index in [2.05, 4.69) is 27.9 Å². The van der Waals surface area contributed by atoms with Crippen LogP contribution in [0.1, 0.15) is 18.4 Å². The maximum absolute atomic E-state index is 12.5. The molecule has 4 rings (SSSR count). The molecule has 1 aromatic heterocycles. The Hall–Kier alpha value is -3.00. The molecular weight excluding hydrogens is 388 g/mol. The first-order chi connectivity index (χ1) is 14.0. The zero-order valence-corrected chi connectivity index (χ0v) is 16.9. The number of ether oxygens (including phenoxy) is 1. The number of amides is 2. The van der Waals surface area contributed by atoms with E-state index in [1.165, 1.54) is 5.56 Å². The van der Waals surface area contributed by atoms with Gasteiger partial charge in [-0.15, -0.1) is 12.6 Å². The second kappa shape index (κ2) is 8.16. The summed E-state index contributed by atoms with van der Waals surface area (Å²) < 4.78 is 5.98. The molecule has 0 atom stereocenters. The van der Waals surface area contributed by atoms with Crippen molar-refractivity contribution in [3.05, 3.63) is 48.0 Å². The number of hydrogen-bond acceptors (Lipinski definition) is 5. The van der Waals surface area contributed by atoms with Gasteiger partial charge in [0.15, 0.2) is 5.16 Å². The molecule has 0 radical (unpaired) electrons. The number of nitrogens with zero attached hydrogens (tertiary/aromatic N) is 2. The average Bonchev–Trinajstić information content (AvgIpc) is 3.09. The Bertz CT molecular complexity index is 1040. The van der Waals surface area contributed by atoms with E-state index < -0.39 is 11.8 Å². The highest BCUT2D eigenvalue weighted by molar-refractivity contribution is 7.80. The molecule has 3 aromatic rings. The first-order valence-corrected chi connectivity index (χ1v) is 9.95. The number of imidazole rings is 1. The van der Waals surface area contributed by atoms with Crippen LogP contribution in [0.5, 0.6) is 5.75 Å². The fourth-order valence-corrected chi connectivity index (χ4v) is 3.62. The van der Waals surface area contributed by atoms with Crippen LogP contribution in [0.15, 0.2) is 47.6 Å². The Balaban J connectivity index is 1.31. The minimum atomic E-state index is -0.645. The van der Waals surface area contributed by atoms with Gasteiger partial charge in [0.1, 0.15) is 11.9 Å². The molecule has 0 saturated carbocycles. The van der Waals surface area contributed by atoms with Gasteiger partial charge in [-0.3, -0.25) is 9.59 Å². The Morgan fingerprint density at radius 1 is 1.17 bits per heavy atom. The zero-order valence-electron chi connectivity index (χ0n) is 16.0. The van der Waals surface area contributed by atoms with E-state index >= 15 is 0 Å². The molecule has 1 aliphatic rings. The number of thiol groups is 1. The summed E-state index contributed by atoms with van der Waals surface area (Å²) in [5.74, 6) is -0.345. The maximum Gasteiger partial charge on any atom is 0.313 e. The number of anilines is 1. The molecule has 0 aliphatic carbocycles. The van der Waals surface area contributed by atoms with Crippen molar-refractivity contribution >= 4 is 41.2 Å². The molecule has 1 aliphatic heterocycles. The second-order valence-corrected chi connectivity index (χ2v) is 7.59. The largest absolute Gasteiger partial charge is 0.490 e. The van der Waals surface area contributed by atoms with Crippen LogP contribution in [0.25, 0.3) is 11.0 Å². The Morgan fingerprint density at radius 3 is 2.62 bits per heavy atom. The van der Waals surface area contributed by atoms with Crippen LogP contribution in [-0.2, 0) is 9.59 Å². The summed E-state index contributed by atoms with van der Waals surface area (Å²) in [5, 5.41) is 3.16. The number of carbonyl (C=O) groups excluding carboxylic acids is 2. The fourth-order valence-electron chi connectivity index (χ4n) is 3.39. The van der Waals surface area contributed by atoms with Gasteiger partial charge in [0.2, 0.25) is 0 Å². The van der Waals surface area contributed by atoms with Gasteiger partial charge in [-0.25, -0.2) is 4.98 Å². The van der Waals surface area contributed by atoms with Crippen molar-refractivity contribution in [2.24, 2.45) is 0 Å². The summed E-state index contributed by atoms with van der Waals surface area (Å²) in [6, 6.07) is 13.1. The lowest BCUT2D eigenvalue weighted by atomic mass is 10.1. The predicted molar refractivity (Wildman–Crippen MR) is 113 cm³/mol. The molecule has 0 bridgehead atoms. The first-order valence-electron chi connectivity index (χ1n) is 9.50. The van der Waals surface area contributed by atoms with E-state index in [9.17, 15) is 9.59 Å². The first kappa shape index (κ1) is 19.3. The monoisotopic (exact) mass is 410 g/mol. The van der Waals surface area contributed by atoms with Crippen molar-refractivity contribution in [2.75, 3.05) is 18.4 Å². The van der Waals surface area contributed by atoms with Gasteiger partial charge in [0, 0.05) is 31.6 Å². The average molecular weight is 410 g/mol. The van der Waals surface area contributed by atoms with E-state index in [-0.39, 0.29) is 6.10 Å². The minimum Gasteiger partial charge on any atom is -0.490 e. The molecule has 150 valence electrons. The van der Waals surface area contributed by atoms with Crippen LogP contribution < -0.4 is 10.1 Å². The number of benzene rings is 2. The van der Waals surface area contributed by atoms with E-state index in [4.69, 9.17) is 4.74 Å². The molecule has 0 spiro atoms. The van der Waals surface area contributed by atoms with Crippen LogP contribution in [-0.4, -0.2) is 45.9 Å². The summed E-state index contributed by atoms with van der Waals surface area (Å²) in [7, 11) is 0. The third-order valence-electron chi connectivity index (χ3n) is 4.97. The molecular formula is C21H22N4O3S. The number of H-pyrrole nitrogens is 1. The standard InChI is InChI=1S/C21H22N4O3S/c1-13-2-5-15(6-3-13)28-16-8-10-25(11-9-16)20(27)19(26)22-14-4-7-17-18(12-14)24-21(29)23-17/h2-7,12,16H,8-11H2,1H3,(H,22,26)(H2,23,24,29). The summed E-state index contributed by atoms with van der Waals surface area (Å²) >= 11 is 4.17. The number of piperidine rings is 1. The van der Waals surface area contributed by atoms with Gasteiger partial charge in [-0.2, -0.15) is 0 Å². The van der Waals surface area contributed by atoms with Crippen molar-refractivity contribution in [3.63, 3.8) is 0 Å². The van der Waals surface area contributed by atoms with Crippen LogP contribution in [0.4, 0.5) is 5.69 Å². The summed E-state index contributed by atoms with van der Waals surface area (Å²) in [6.45, 7) is 3.01. The Morgan fingerprint density at radius 2 is 1.90 bits per heavy atom. The van der Waals surface area contributed by atoms with Crippen LogP contribution >= 0.6 is 12.6 Å². The molecule has 2 aromatic carbocycles. The number of hydrogen-bond donors (Lipinski definition) is 3. The van der Waals surface area contributed by atoms with Gasteiger partial charge in [-0.05, 0) is 37.3 Å². The number of fused-ring (bicyclic) bond motifs is 1. The summed E-state index contributed by atoms with van der Waals surface area (Å²) in [5.41, 5.74) is 3.20. The van der Waals surface area contributed by atoms with Gasteiger partial charge < -0.3 is 19.9 Å². The van der Waals surface area contributed by atoms with E-state index in [0.717, 1.165) is 16.8 Å². The molecule has 0 unspecified atom stereocenters. The third-order valence-corrected chi connectivity index (χ3v) is 5.19. The molecule has 7 nitrogen and oxygen atoms in total. The van der Waals surface area contributed by atoms with Gasteiger partial charge >= 0.3 is 11.8 Å². The van der Waals surface area contributed by atoms with E-state index in [0.29, 0.717) is 36.8 Å². The lowest BCUT2D eigenvalue weighted by molar-refractivity contribution is -0.144. The predicted octanol–water partition coefficient (Wildman–Crippen LogP) is 3.17. The maximum atomic E-state index is 12.5. The lowest BCUT2D eigenvalue weighted by Crippen LogP contribution is -2.46. The number of nitrogens with one attached hydrogen (secondary N) is 2. The zero-order chi connectivity index (χ0) is 20.4. The van der Waals surface area contributed by atoms with E-state index in [1.807, 2.05) is 31.2 Å². The molecule has 2 amide bonds. The van der Waals surface area contributed by atoms with Crippen molar-refractivity contribution in [1.29, 1.82) is 0 Å². The van der Waals surface area contributed by atoms with Crippen molar-refractivity contribution in [2.45, 2.75) is 31.0 Å². The summed E-state index contributed by atoms with van der Waals surface area (Å²) in [4.78, 5) is 33.6. The number of rotatable bonds is 3.